The number of hydrogen-bond acceptors (Lipinski definition) is 5. The molecule has 0 aliphatic rings. The summed E-state index contributed by atoms with van der Waals surface area (Å²) in [7, 11) is 1.47. The van der Waals surface area contributed by atoms with Crippen LogP contribution in [0.15, 0.2) is 30.7 Å². The lowest BCUT2D eigenvalue weighted by molar-refractivity contribution is 0.0693. The molecule has 0 atom stereocenters. The SMILES string of the molecule is COc1ccc(Oc2ncncc2I)c(C(=O)O)c1. The van der Waals surface area contributed by atoms with E-state index in [9.17, 15) is 4.79 Å². The highest BCUT2D eigenvalue weighted by Crippen LogP contribution is 2.29. The summed E-state index contributed by atoms with van der Waals surface area (Å²) >= 11 is 2.01. The van der Waals surface area contributed by atoms with E-state index in [4.69, 9.17) is 14.6 Å². The molecule has 0 saturated heterocycles. The van der Waals surface area contributed by atoms with Crippen LogP contribution in [0.25, 0.3) is 0 Å². The number of carbonyl (C=O) groups is 1. The lowest BCUT2D eigenvalue weighted by Crippen LogP contribution is -2.02. The maximum Gasteiger partial charge on any atom is 0.339 e. The van der Waals surface area contributed by atoms with Crippen LogP contribution in [0.4, 0.5) is 0 Å². The smallest absolute Gasteiger partial charge is 0.339 e. The van der Waals surface area contributed by atoms with Gasteiger partial charge < -0.3 is 14.6 Å². The molecule has 1 N–H and O–H groups in total. The van der Waals surface area contributed by atoms with E-state index >= 15 is 0 Å². The first kappa shape index (κ1) is 13.5. The molecule has 0 amide bonds. The van der Waals surface area contributed by atoms with Crippen molar-refractivity contribution in [1.82, 2.24) is 9.97 Å². The average molecular weight is 372 g/mol. The first-order valence-electron chi connectivity index (χ1n) is 5.16. The highest BCUT2D eigenvalue weighted by Gasteiger charge is 2.15. The Kier molecular flexibility index (Phi) is 4.15. The van der Waals surface area contributed by atoms with Crippen molar-refractivity contribution in [2.24, 2.45) is 0 Å². The predicted molar refractivity (Wildman–Crippen MR) is 74.8 cm³/mol. The molecule has 0 aliphatic carbocycles. The van der Waals surface area contributed by atoms with Gasteiger partial charge in [-0.25, -0.2) is 14.8 Å². The standard InChI is InChI=1S/C12H9IN2O4/c1-18-7-2-3-10(8(4-7)12(16)17)19-11-9(13)5-14-6-15-11/h2-6H,1H3,(H,16,17). The summed E-state index contributed by atoms with van der Waals surface area (Å²) in [6.45, 7) is 0. The Morgan fingerprint density at radius 1 is 1.42 bits per heavy atom. The molecule has 1 aromatic carbocycles. The quantitative estimate of drug-likeness (QED) is 0.831. The van der Waals surface area contributed by atoms with Crippen LogP contribution >= 0.6 is 22.6 Å². The molecule has 0 spiro atoms. The van der Waals surface area contributed by atoms with Crippen molar-refractivity contribution in [3.8, 4) is 17.4 Å². The number of methoxy groups -OCH3 is 1. The Labute approximate surface area is 122 Å². The largest absolute Gasteiger partial charge is 0.497 e. The van der Waals surface area contributed by atoms with E-state index in [1.54, 1.807) is 12.3 Å². The third-order valence-corrected chi connectivity index (χ3v) is 3.00. The van der Waals surface area contributed by atoms with Gasteiger partial charge in [0.05, 0.1) is 10.7 Å². The van der Waals surface area contributed by atoms with Crippen molar-refractivity contribution in [2.45, 2.75) is 0 Å². The summed E-state index contributed by atoms with van der Waals surface area (Å²) < 4.78 is 11.2. The second kappa shape index (κ2) is 5.83. The molecule has 0 fully saturated rings. The zero-order chi connectivity index (χ0) is 13.8. The minimum atomic E-state index is -1.10. The molecule has 0 unspecified atom stereocenters. The zero-order valence-electron chi connectivity index (χ0n) is 9.83. The molecule has 6 nitrogen and oxygen atoms in total. The van der Waals surface area contributed by atoms with Crippen molar-refractivity contribution in [1.29, 1.82) is 0 Å². The van der Waals surface area contributed by atoms with Crippen molar-refractivity contribution >= 4 is 28.6 Å². The van der Waals surface area contributed by atoms with Gasteiger partial charge in [0.1, 0.15) is 23.4 Å². The number of aromatic carboxylic acids is 1. The number of ether oxygens (including phenoxy) is 2. The van der Waals surface area contributed by atoms with Crippen LogP contribution in [0, 0.1) is 3.57 Å². The molecule has 0 radical (unpaired) electrons. The van der Waals surface area contributed by atoms with Crippen LogP contribution in [-0.4, -0.2) is 28.2 Å². The summed E-state index contributed by atoms with van der Waals surface area (Å²) in [5, 5.41) is 9.16. The molecule has 0 saturated carbocycles. The van der Waals surface area contributed by atoms with Gasteiger partial charge in [-0.2, -0.15) is 0 Å². The number of nitrogens with zero attached hydrogens (tertiary/aromatic N) is 2. The van der Waals surface area contributed by atoms with Crippen LogP contribution in [-0.2, 0) is 0 Å². The summed E-state index contributed by atoms with van der Waals surface area (Å²) in [5.74, 6) is -0.145. The Bertz CT molecular complexity index is 618. The van der Waals surface area contributed by atoms with E-state index in [1.165, 1.54) is 25.6 Å². The van der Waals surface area contributed by atoms with Gasteiger partial charge in [0.15, 0.2) is 0 Å². The van der Waals surface area contributed by atoms with Gasteiger partial charge in [-0.05, 0) is 40.8 Å². The van der Waals surface area contributed by atoms with Crippen LogP contribution in [0.5, 0.6) is 17.4 Å². The van der Waals surface area contributed by atoms with E-state index in [2.05, 4.69) is 9.97 Å². The van der Waals surface area contributed by atoms with Crippen molar-refractivity contribution in [3.63, 3.8) is 0 Å². The van der Waals surface area contributed by atoms with E-state index < -0.39 is 5.97 Å². The maximum atomic E-state index is 11.2. The molecular weight excluding hydrogens is 363 g/mol. The number of aromatic nitrogens is 2. The lowest BCUT2D eigenvalue weighted by atomic mass is 10.2. The normalized spacial score (nSPS) is 10.0. The van der Waals surface area contributed by atoms with Gasteiger partial charge in [-0.3, -0.25) is 0 Å². The Hall–Kier alpha value is -1.90. The van der Waals surface area contributed by atoms with Crippen LogP contribution in [0.3, 0.4) is 0 Å². The summed E-state index contributed by atoms with van der Waals surface area (Å²) in [6, 6.07) is 4.54. The monoisotopic (exact) mass is 372 g/mol. The molecule has 2 aromatic rings. The summed E-state index contributed by atoms with van der Waals surface area (Å²) in [5.41, 5.74) is 0.00811. The van der Waals surface area contributed by atoms with E-state index in [0.717, 1.165) is 0 Å². The fourth-order valence-corrected chi connectivity index (χ4v) is 1.78. The van der Waals surface area contributed by atoms with E-state index in [-0.39, 0.29) is 11.3 Å². The fourth-order valence-electron chi connectivity index (χ4n) is 1.37. The van der Waals surface area contributed by atoms with E-state index in [0.29, 0.717) is 15.2 Å². The number of rotatable bonds is 4. The fraction of sp³-hybridized carbons (Fsp3) is 0.0833. The van der Waals surface area contributed by atoms with Gasteiger partial charge in [0, 0.05) is 6.20 Å². The van der Waals surface area contributed by atoms with Gasteiger partial charge in [-0.1, -0.05) is 0 Å². The minimum absolute atomic E-state index is 0.00811. The summed E-state index contributed by atoms with van der Waals surface area (Å²) in [6.07, 6.45) is 2.91. The topological polar surface area (TPSA) is 81.5 Å². The Morgan fingerprint density at radius 2 is 2.21 bits per heavy atom. The zero-order valence-corrected chi connectivity index (χ0v) is 12.0. The van der Waals surface area contributed by atoms with Crippen LogP contribution in [0.2, 0.25) is 0 Å². The maximum absolute atomic E-state index is 11.2. The molecule has 2 rings (SSSR count). The second-order valence-corrected chi connectivity index (χ2v) is 4.61. The van der Waals surface area contributed by atoms with Gasteiger partial charge in [0.2, 0.25) is 5.88 Å². The van der Waals surface area contributed by atoms with Crippen molar-refractivity contribution < 1.29 is 19.4 Å². The van der Waals surface area contributed by atoms with Gasteiger partial charge >= 0.3 is 5.97 Å². The predicted octanol–water partition coefficient (Wildman–Crippen LogP) is 2.58. The third kappa shape index (κ3) is 3.11. The lowest BCUT2D eigenvalue weighted by Gasteiger charge is -2.10. The van der Waals surface area contributed by atoms with Crippen LogP contribution < -0.4 is 9.47 Å². The van der Waals surface area contributed by atoms with E-state index in [1.807, 2.05) is 22.6 Å². The number of carboxylic acid groups (broad SMARTS) is 1. The Balaban J connectivity index is 2.40. The Morgan fingerprint density at radius 3 is 2.84 bits per heavy atom. The van der Waals surface area contributed by atoms with Crippen molar-refractivity contribution in [3.05, 3.63) is 39.9 Å². The highest BCUT2D eigenvalue weighted by molar-refractivity contribution is 14.1. The van der Waals surface area contributed by atoms with Crippen molar-refractivity contribution in [2.75, 3.05) is 7.11 Å². The molecule has 7 heteroatoms. The molecular formula is C12H9IN2O4. The molecule has 1 aromatic heterocycles. The minimum Gasteiger partial charge on any atom is -0.497 e. The average Bonchev–Trinajstić information content (AvgIpc) is 2.41. The number of halogens is 1. The number of hydrogen-bond donors (Lipinski definition) is 1. The first-order valence-corrected chi connectivity index (χ1v) is 6.24. The molecule has 19 heavy (non-hydrogen) atoms. The van der Waals surface area contributed by atoms with Crippen LogP contribution in [0.1, 0.15) is 10.4 Å². The molecule has 98 valence electrons. The first-order chi connectivity index (χ1) is 9.11. The molecule has 0 bridgehead atoms. The second-order valence-electron chi connectivity index (χ2n) is 3.45. The molecule has 1 heterocycles. The third-order valence-electron chi connectivity index (χ3n) is 2.26. The van der Waals surface area contributed by atoms with Gasteiger partial charge in [-0.15, -0.1) is 0 Å². The molecule has 0 aliphatic heterocycles. The van der Waals surface area contributed by atoms with Gasteiger partial charge in [0.25, 0.3) is 0 Å². The summed E-state index contributed by atoms with van der Waals surface area (Å²) in [4.78, 5) is 19.0. The number of carboxylic acids is 1. The number of benzene rings is 1. The highest BCUT2D eigenvalue weighted by atomic mass is 127.